The molecule has 2 aromatic carbocycles. The summed E-state index contributed by atoms with van der Waals surface area (Å²) in [5, 5.41) is 4.04. The average molecular weight is 338 g/mol. The molecule has 0 spiro atoms. The lowest BCUT2D eigenvalue weighted by atomic mass is 10.0. The van der Waals surface area contributed by atoms with Crippen molar-refractivity contribution in [2.24, 2.45) is 5.73 Å². The molecule has 0 aliphatic rings. The molecule has 3 aromatic rings. The molecule has 3 rings (SSSR count). The molecule has 1 aromatic heterocycles. The van der Waals surface area contributed by atoms with Crippen LogP contribution in [0.1, 0.15) is 15.9 Å². The summed E-state index contributed by atoms with van der Waals surface area (Å²) in [4.78, 5) is 15.6. The molecule has 0 atom stereocenters. The molecule has 0 aliphatic carbocycles. The highest BCUT2D eigenvalue weighted by molar-refractivity contribution is 6.30. The number of rotatable bonds is 5. The molecule has 0 fully saturated rings. The van der Waals surface area contributed by atoms with Gasteiger partial charge in [-0.1, -0.05) is 35.9 Å². The number of anilines is 1. The highest BCUT2D eigenvalue weighted by Gasteiger charge is 2.05. The van der Waals surface area contributed by atoms with Crippen LogP contribution in [0.15, 0.2) is 67.0 Å². The topological polar surface area (TPSA) is 68.0 Å². The number of nitrogens with zero attached hydrogens (tertiary/aromatic N) is 1. The second-order valence-corrected chi connectivity index (χ2v) is 5.83. The van der Waals surface area contributed by atoms with E-state index in [2.05, 4.69) is 10.3 Å². The van der Waals surface area contributed by atoms with Gasteiger partial charge < -0.3 is 11.1 Å². The van der Waals surface area contributed by atoms with Gasteiger partial charge in [0.25, 0.3) is 0 Å². The van der Waals surface area contributed by atoms with Crippen LogP contribution in [-0.4, -0.2) is 10.9 Å². The molecule has 0 radical (unpaired) electrons. The van der Waals surface area contributed by atoms with Crippen LogP contribution in [0.2, 0.25) is 5.02 Å². The number of nitrogens with two attached hydrogens (primary N) is 1. The minimum absolute atomic E-state index is 0.444. The van der Waals surface area contributed by atoms with Gasteiger partial charge in [-0.2, -0.15) is 0 Å². The van der Waals surface area contributed by atoms with Crippen molar-refractivity contribution in [2.75, 3.05) is 5.32 Å². The van der Waals surface area contributed by atoms with Gasteiger partial charge in [0.2, 0.25) is 5.91 Å². The summed E-state index contributed by atoms with van der Waals surface area (Å²) in [6.45, 7) is 0.646. The maximum Gasteiger partial charge on any atom is 0.248 e. The number of aromatic nitrogens is 1. The van der Waals surface area contributed by atoms with Gasteiger partial charge in [-0.25, -0.2) is 0 Å². The quantitative estimate of drug-likeness (QED) is 0.736. The van der Waals surface area contributed by atoms with Crippen LogP contribution in [0.5, 0.6) is 0 Å². The van der Waals surface area contributed by atoms with Gasteiger partial charge >= 0.3 is 0 Å². The molecule has 0 bridgehead atoms. The third-order valence-electron chi connectivity index (χ3n) is 3.60. The van der Waals surface area contributed by atoms with Gasteiger partial charge in [-0.3, -0.25) is 9.78 Å². The summed E-state index contributed by atoms with van der Waals surface area (Å²) in [7, 11) is 0. The molecular weight excluding hydrogens is 322 g/mol. The fraction of sp³-hybridized carbons (Fsp3) is 0.0526. The fourth-order valence-corrected chi connectivity index (χ4v) is 2.61. The van der Waals surface area contributed by atoms with Gasteiger partial charge in [0.05, 0.1) is 5.69 Å². The summed E-state index contributed by atoms with van der Waals surface area (Å²) < 4.78 is 0. The predicted octanol–water partition coefficient (Wildman–Crippen LogP) is 4.11. The second-order valence-electron chi connectivity index (χ2n) is 5.39. The van der Waals surface area contributed by atoms with Crippen molar-refractivity contribution in [1.29, 1.82) is 0 Å². The van der Waals surface area contributed by atoms with Gasteiger partial charge in [-0.05, 0) is 41.5 Å². The summed E-state index contributed by atoms with van der Waals surface area (Å²) in [5.74, 6) is -0.444. The highest BCUT2D eigenvalue weighted by Crippen LogP contribution is 2.23. The van der Waals surface area contributed by atoms with E-state index in [9.17, 15) is 4.79 Å². The van der Waals surface area contributed by atoms with Crippen molar-refractivity contribution < 1.29 is 4.79 Å². The molecule has 3 N–H and O–H groups in total. The number of benzene rings is 2. The van der Waals surface area contributed by atoms with Gasteiger partial charge in [0.15, 0.2) is 0 Å². The Bertz CT molecular complexity index is 880. The number of carbonyl (C=O) groups excluding carboxylic acids is 1. The van der Waals surface area contributed by atoms with Crippen molar-refractivity contribution >= 4 is 23.2 Å². The third kappa shape index (κ3) is 3.91. The highest BCUT2D eigenvalue weighted by atomic mass is 35.5. The lowest BCUT2D eigenvalue weighted by Gasteiger charge is -2.09. The van der Waals surface area contributed by atoms with Crippen molar-refractivity contribution in [3.63, 3.8) is 0 Å². The normalized spacial score (nSPS) is 10.4. The van der Waals surface area contributed by atoms with Crippen LogP contribution < -0.4 is 11.1 Å². The zero-order valence-corrected chi connectivity index (χ0v) is 13.6. The van der Waals surface area contributed by atoms with E-state index in [1.807, 2.05) is 42.5 Å². The van der Waals surface area contributed by atoms with E-state index in [-0.39, 0.29) is 0 Å². The van der Waals surface area contributed by atoms with Crippen LogP contribution in [0, 0.1) is 0 Å². The minimum atomic E-state index is -0.444. The van der Waals surface area contributed by atoms with E-state index < -0.39 is 5.91 Å². The maximum atomic E-state index is 11.3. The molecule has 0 aliphatic heterocycles. The van der Waals surface area contributed by atoms with Crippen molar-refractivity contribution in [3.05, 3.63) is 83.1 Å². The van der Waals surface area contributed by atoms with E-state index in [1.54, 1.807) is 24.5 Å². The first-order chi connectivity index (χ1) is 11.6. The predicted molar refractivity (Wildman–Crippen MR) is 97.0 cm³/mol. The number of primary amides is 1. The monoisotopic (exact) mass is 337 g/mol. The second kappa shape index (κ2) is 7.15. The lowest BCUT2D eigenvalue weighted by Crippen LogP contribution is -2.10. The molecule has 120 valence electrons. The molecule has 0 unspecified atom stereocenters. The van der Waals surface area contributed by atoms with E-state index in [4.69, 9.17) is 17.3 Å². The van der Waals surface area contributed by atoms with Crippen LogP contribution in [0.4, 0.5) is 5.69 Å². The molecule has 24 heavy (non-hydrogen) atoms. The van der Waals surface area contributed by atoms with Crippen LogP contribution in [0.3, 0.4) is 0 Å². The summed E-state index contributed by atoms with van der Waals surface area (Å²) in [6.07, 6.45) is 3.51. The zero-order chi connectivity index (χ0) is 16.9. The van der Waals surface area contributed by atoms with Crippen LogP contribution in [-0.2, 0) is 6.54 Å². The SMILES string of the molecule is NC(=O)c1cccc(-c2cncc(NCc3cccc(Cl)c3)c2)c1. The number of carbonyl (C=O) groups is 1. The number of hydrogen-bond acceptors (Lipinski definition) is 3. The first-order valence-electron chi connectivity index (χ1n) is 7.45. The Morgan fingerprint density at radius 1 is 1.04 bits per heavy atom. The molecule has 0 saturated heterocycles. The van der Waals surface area contributed by atoms with Crippen molar-refractivity contribution in [1.82, 2.24) is 4.98 Å². The first kappa shape index (κ1) is 16.0. The standard InChI is InChI=1S/C19H16ClN3O/c20-17-6-1-3-13(7-17)10-23-18-9-16(11-22-12-18)14-4-2-5-15(8-14)19(21)24/h1-9,11-12,23H,10H2,(H2,21,24). The number of hydrogen-bond donors (Lipinski definition) is 2. The molecule has 0 saturated carbocycles. The molecule has 4 nitrogen and oxygen atoms in total. The minimum Gasteiger partial charge on any atom is -0.380 e. The Kier molecular flexibility index (Phi) is 4.77. The van der Waals surface area contributed by atoms with Crippen LogP contribution >= 0.6 is 11.6 Å². The largest absolute Gasteiger partial charge is 0.380 e. The van der Waals surface area contributed by atoms with E-state index in [1.165, 1.54) is 0 Å². The Morgan fingerprint density at radius 3 is 2.67 bits per heavy atom. The van der Waals surface area contributed by atoms with E-state index in [0.717, 1.165) is 22.4 Å². The third-order valence-corrected chi connectivity index (χ3v) is 3.84. The number of pyridine rings is 1. The van der Waals surface area contributed by atoms with Crippen LogP contribution in [0.25, 0.3) is 11.1 Å². The van der Waals surface area contributed by atoms with Gasteiger partial charge in [0.1, 0.15) is 0 Å². The Morgan fingerprint density at radius 2 is 1.88 bits per heavy atom. The van der Waals surface area contributed by atoms with E-state index in [0.29, 0.717) is 17.1 Å². The zero-order valence-electron chi connectivity index (χ0n) is 12.9. The summed E-state index contributed by atoms with van der Waals surface area (Å²) in [5.41, 5.74) is 9.59. The number of halogens is 1. The molecular formula is C19H16ClN3O. The maximum absolute atomic E-state index is 11.3. The molecule has 5 heteroatoms. The number of amides is 1. The molecule has 1 heterocycles. The van der Waals surface area contributed by atoms with E-state index >= 15 is 0 Å². The Labute approximate surface area is 145 Å². The summed E-state index contributed by atoms with van der Waals surface area (Å²) in [6, 6.07) is 16.9. The van der Waals surface area contributed by atoms with Gasteiger partial charge in [0, 0.05) is 35.1 Å². The smallest absolute Gasteiger partial charge is 0.248 e. The number of nitrogens with one attached hydrogen (secondary N) is 1. The lowest BCUT2D eigenvalue weighted by molar-refractivity contribution is 0.100. The van der Waals surface area contributed by atoms with Crippen molar-refractivity contribution in [3.8, 4) is 11.1 Å². The average Bonchev–Trinajstić information content (AvgIpc) is 2.60. The summed E-state index contributed by atoms with van der Waals surface area (Å²) >= 11 is 5.99. The Balaban J connectivity index is 1.79. The van der Waals surface area contributed by atoms with Crippen molar-refractivity contribution in [2.45, 2.75) is 6.54 Å². The Hall–Kier alpha value is -2.85. The fourth-order valence-electron chi connectivity index (χ4n) is 2.40. The van der Waals surface area contributed by atoms with Gasteiger partial charge in [-0.15, -0.1) is 0 Å². The molecule has 1 amide bonds. The first-order valence-corrected chi connectivity index (χ1v) is 7.83.